The average molecular weight is 350 g/mol. The van der Waals surface area contributed by atoms with Gasteiger partial charge in [-0.15, -0.1) is 0 Å². The van der Waals surface area contributed by atoms with Gasteiger partial charge in [-0.1, -0.05) is 18.2 Å². The van der Waals surface area contributed by atoms with Crippen LogP contribution in [0.5, 0.6) is 5.75 Å². The Balaban J connectivity index is 1.82. The summed E-state index contributed by atoms with van der Waals surface area (Å²) in [5.74, 6) is 0.851. The van der Waals surface area contributed by atoms with E-state index in [1.54, 1.807) is 0 Å². The van der Waals surface area contributed by atoms with Crippen LogP contribution in [0.1, 0.15) is 49.1 Å². The topological polar surface area (TPSA) is 45.6 Å². The fourth-order valence-corrected chi connectivity index (χ4v) is 3.74. The van der Waals surface area contributed by atoms with E-state index in [4.69, 9.17) is 4.74 Å². The largest absolute Gasteiger partial charge is 0.487 e. The SMILES string of the molecule is CC(C)(O)c1ccc2c(c1)/C(=C/CN1CCCC1)c1cccnc1CO2. The van der Waals surface area contributed by atoms with Crippen molar-refractivity contribution in [2.24, 2.45) is 0 Å². The van der Waals surface area contributed by atoms with E-state index in [9.17, 15) is 5.11 Å². The van der Waals surface area contributed by atoms with Crippen molar-refractivity contribution < 1.29 is 9.84 Å². The van der Waals surface area contributed by atoms with Gasteiger partial charge in [0.2, 0.25) is 0 Å². The van der Waals surface area contributed by atoms with Crippen molar-refractivity contribution in [1.29, 1.82) is 0 Å². The lowest BCUT2D eigenvalue weighted by Crippen LogP contribution is -2.19. The zero-order chi connectivity index (χ0) is 18.1. The van der Waals surface area contributed by atoms with Gasteiger partial charge in [-0.3, -0.25) is 9.88 Å². The Bertz CT molecular complexity index is 830. The Labute approximate surface area is 155 Å². The molecule has 136 valence electrons. The van der Waals surface area contributed by atoms with E-state index < -0.39 is 5.60 Å². The third-order valence-corrected chi connectivity index (χ3v) is 5.27. The molecule has 0 bridgehead atoms. The van der Waals surface area contributed by atoms with Crippen molar-refractivity contribution in [2.75, 3.05) is 19.6 Å². The molecule has 2 aliphatic rings. The van der Waals surface area contributed by atoms with Crippen LogP contribution in [0.3, 0.4) is 0 Å². The predicted octanol–water partition coefficient (Wildman–Crippen LogP) is 3.73. The summed E-state index contributed by atoms with van der Waals surface area (Å²) in [5, 5.41) is 10.5. The Morgan fingerprint density at radius 3 is 2.77 bits per heavy atom. The highest BCUT2D eigenvalue weighted by Crippen LogP contribution is 2.38. The minimum Gasteiger partial charge on any atom is -0.487 e. The lowest BCUT2D eigenvalue weighted by molar-refractivity contribution is 0.0785. The molecule has 0 aliphatic carbocycles. The lowest BCUT2D eigenvalue weighted by Gasteiger charge is -2.21. The number of aromatic nitrogens is 1. The summed E-state index contributed by atoms with van der Waals surface area (Å²) in [7, 11) is 0. The summed E-state index contributed by atoms with van der Waals surface area (Å²) in [4.78, 5) is 7.02. The smallest absolute Gasteiger partial charge is 0.131 e. The van der Waals surface area contributed by atoms with Crippen LogP contribution in [0.4, 0.5) is 0 Å². The predicted molar refractivity (Wildman–Crippen MR) is 103 cm³/mol. The number of hydrogen-bond acceptors (Lipinski definition) is 4. The first kappa shape index (κ1) is 17.3. The number of nitrogens with zero attached hydrogens (tertiary/aromatic N) is 2. The second-order valence-electron chi connectivity index (χ2n) is 7.68. The molecule has 0 saturated carbocycles. The molecule has 0 radical (unpaired) electrons. The maximum atomic E-state index is 10.5. The first-order valence-corrected chi connectivity index (χ1v) is 9.39. The standard InChI is InChI=1S/C22H26N2O2/c1-22(2,25)16-7-8-21-19(14-16)17(9-13-24-11-3-4-12-24)18-6-5-10-23-20(18)15-26-21/h5-10,14,25H,3-4,11-13,15H2,1-2H3/b17-9+. The molecule has 2 aliphatic heterocycles. The summed E-state index contributed by atoms with van der Waals surface area (Å²) < 4.78 is 6.05. The molecule has 1 fully saturated rings. The molecule has 1 N–H and O–H groups in total. The van der Waals surface area contributed by atoms with Crippen LogP contribution in [0.25, 0.3) is 5.57 Å². The molecule has 1 aromatic carbocycles. The summed E-state index contributed by atoms with van der Waals surface area (Å²) >= 11 is 0. The lowest BCUT2D eigenvalue weighted by atomic mass is 9.90. The van der Waals surface area contributed by atoms with Crippen LogP contribution < -0.4 is 4.74 Å². The highest BCUT2D eigenvalue weighted by Gasteiger charge is 2.24. The summed E-state index contributed by atoms with van der Waals surface area (Å²) in [6.45, 7) is 7.35. The van der Waals surface area contributed by atoms with Crippen molar-refractivity contribution in [3.05, 3.63) is 65.0 Å². The van der Waals surface area contributed by atoms with Gasteiger partial charge in [0.25, 0.3) is 0 Å². The van der Waals surface area contributed by atoms with Crippen LogP contribution in [0.15, 0.2) is 42.6 Å². The number of hydrogen-bond donors (Lipinski definition) is 1. The fraction of sp³-hybridized carbons (Fsp3) is 0.409. The van der Waals surface area contributed by atoms with Gasteiger partial charge in [0.15, 0.2) is 0 Å². The first-order chi connectivity index (χ1) is 12.5. The quantitative estimate of drug-likeness (QED) is 0.916. The Hall–Kier alpha value is -2.17. The second kappa shape index (κ2) is 6.86. The fourth-order valence-electron chi connectivity index (χ4n) is 3.74. The molecule has 4 heteroatoms. The number of fused-ring (bicyclic) bond motifs is 2. The van der Waals surface area contributed by atoms with Gasteiger partial charge in [0, 0.05) is 23.9 Å². The van der Waals surface area contributed by atoms with Gasteiger partial charge in [-0.05, 0) is 69.1 Å². The average Bonchev–Trinajstić information content (AvgIpc) is 3.08. The van der Waals surface area contributed by atoms with E-state index in [0.717, 1.165) is 53.3 Å². The van der Waals surface area contributed by atoms with Crippen molar-refractivity contribution in [1.82, 2.24) is 9.88 Å². The van der Waals surface area contributed by atoms with Gasteiger partial charge in [-0.2, -0.15) is 0 Å². The number of likely N-dealkylation sites (tertiary alicyclic amines) is 1. The Morgan fingerprint density at radius 1 is 1.19 bits per heavy atom. The minimum absolute atomic E-state index is 0.464. The minimum atomic E-state index is -0.890. The third kappa shape index (κ3) is 3.39. The molecule has 0 atom stereocenters. The van der Waals surface area contributed by atoms with Gasteiger partial charge < -0.3 is 9.84 Å². The first-order valence-electron chi connectivity index (χ1n) is 9.39. The molecule has 2 aromatic rings. The molecule has 1 aromatic heterocycles. The monoisotopic (exact) mass is 350 g/mol. The van der Waals surface area contributed by atoms with Gasteiger partial charge in [0.05, 0.1) is 11.3 Å². The van der Waals surface area contributed by atoms with E-state index >= 15 is 0 Å². The number of rotatable bonds is 3. The second-order valence-corrected chi connectivity index (χ2v) is 7.68. The summed E-state index contributed by atoms with van der Waals surface area (Å²) in [6.07, 6.45) is 6.68. The molecule has 3 heterocycles. The molecule has 4 rings (SSSR count). The van der Waals surface area contributed by atoms with Crippen molar-refractivity contribution in [3.63, 3.8) is 0 Å². The van der Waals surface area contributed by atoms with E-state index in [2.05, 4.69) is 28.1 Å². The van der Waals surface area contributed by atoms with Crippen LogP contribution in [0.2, 0.25) is 0 Å². The van der Waals surface area contributed by atoms with Crippen molar-refractivity contribution in [3.8, 4) is 5.75 Å². The number of ether oxygens (including phenoxy) is 1. The highest BCUT2D eigenvalue weighted by molar-refractivity contribution is 5.85. The molecular formula is C22H26N2O2. The molecule has 0 amide bonds. The Morgan fingerprint density at radius 2 is 2.00 bits per heavy atom. The van der Waals surface area contributed by atoms with E-state index in [1.807, 2.05) is 38.2 Å². The van der Waals surface area contributed by atoms with E-state index in [0.29, 0.717) is 6.61 Å². The maximum Gasteiger partial charge on any atom is 0.131 e. The van der Waals surface area contributed by atoms with Gasteiger partial charge in [-0.25, -0.2) is 0 Å². The molecule has 0 spiro atoms. The maximum absolute atomic E-state index is 10.5. The van der Waals surface area contributed by atoms with Crippen molar-refractivity contribution >= 4 is 5.57 Å². The normalized spacial score (nSPS) is 19.0. The number of pyridine rings is 1. The molecule has 4 nitrogen and oxygen atoms in total. The number of benzene rings is 1. The van der Waals surface area contributed by atoms with E-state index in [1.165, 1.54) is 12.8 Å². The Kier molecular flexibility index (Phi) is 4.55. The zero-order valence-corrected chi connectivity index (χ0v) is 15.5. The van der Waals surface area contributed by atoms with Crippen molar-refractivity contribution in [2.45, 2.75) is 38.9 Å². The molecular weight excluding hydrogens is 324 g/mol. The molecule has 0 unspecified atom stereocenters. The number of aliphatic hydroxyl groups is 1. The van der Waals surface area contributed by atoms with E-state index in [-0.39, 0.29) is 0 Å². The van der Waals surface area contributed by atoms with Crippen LogP contribution in [0, 0.1) is 0 Å². The van der Waals surface area contributed by atoms with Crippen LogP contribution in [-0.2, 0) is 12.2 Å². The van der Waals surface area contributed by atoms with Gasteiger partial charge >= 0.3 is 0 Å². The summed E-state index contributed by atoms with van der Waals surface area (Å²) in [6, 6.07) is 10.1. The van der Waals surface area contributed by atoms with Gasteiger partial charge in [0.1, 0.15) is 12.4 Å². The van der Waals surface area contributed by atoms with Crippen LogP contribution in [-0.4, -0.2) is 34.6 Å². The third-order valence-electron chi connectivity index (χ3n) is 5.27. The van der Waals surface area contributed by atoms with Crippen LogP contribution >= 0.6 is 0 Å². The summed E-state index contributed by atoms with van der Waals surface area (Å²) in [5.41, 5.74) is 4.27. The molecule has 26 heavy (non-hydrogen) atoms. The zero-order valence-electron chi connectivity index (χ0n) is 15.5. The molecule has 1 saturated heterocycles. The highest BCUT2D eigenvalue weighted by atomic mass is 16.5.